The number of rotatable bonds is 6. The van der Waals surface area contributed by atoms with E-state index in [1.54, 1.807) is 0 Å². The van der Waals surface area contributed by atoms with Crippen molar-refractivity contribution in [1.29, 1.82) is 0 Å². The van der Waals surface area contributed by atoms with E-state index < -0.39 is 0 Å². The van der Waals surface area contributed by atoms with Crippen molar-refractivity contribution in [3.05, 3.63) is 0 Å². The van der Waals surface area contributed by atoms with Crippen molar-refractivity contribution >= 4 is 19.4 Å². The van der Waals surface area contributed by atoms with Crippen molar-refractivity contribution < 1.29 is 19.0 Å². The molecule has 0 radical (unpaired) electrons. The zero-order chi connectivity index (χ0) is 14.9. The van der Waals surface area contributed by atoms with E-state index in [0.29, 0.717) is 25.6 Å². The third-order valence-electron chi connectivity index (χ3n) is 4.85. The van der Waals surface area contributed by atoms with Gasteiger partial charge in [0.15, 0.2) is 0 Å². The molecule has 7 heteroatoms. The molecule has 0 spiro atoms. The summed E-state index contributed by atoms with van der Waals surface area (Å²) in [6.07, 6.45) is 0.597. The predicted octanol–water partition coefficient (Wildman–Crippen LogP) is -0.265. The minimum absolute atomic E-state index is 0.0344. The number of amides is 1. The molecular formula is C13H23BN2O4. The summed E-state index contributed by atoms with van der Waals surface area (Å²) in [6, 6.07) is -0.0344. The van der Waals surface area contributed by atoms with Crippen LogP contribution in [-0.2, 0) is 19.0 Å². The molecule has 1 aliphatic heterocycles. The third-order valence-corrected chi connectivity index (χ3v) is 4.85. The highest BCUT2D eigenvalue weighted by Gasteiger charge is 2.67. The number of fused-ring (bicyclic) bond motifs is 1. The number of carbonyl (C=O) groups excluding carboxylic acids is 2. The quantitative estimate of drug-likeness (QED) is 0.314. The van der Waals surface area contributed by atoms with Crippen molar-refractivity contribution in [3.8, 4) is 0 Å². The fourth-order valence-corrected chi connectivity index (χ4v) is 3.60. The molecule has 0 aromatic rings. The number of nitrogens with zero attached hydrogens (tertiary/aromatic N) is 1. The van der Waals surface area contributed by atoms with Crippen molar-refractivity contribution in [3.63, 3.8) is 0 Å². The first-order chi connectivity index (χ1) is 9.43. The Balaban J connectivity index is 1.98. The number of methoxy groups -OCH3 is 1. The molecule has 1 amide bonds. The molecule has 1 aliphatic carbocycles. The van der Waals surface area contributed by atoms with E-state index in [1.807, 2.05) is 4.90 Å². The van der Waals surface area contributed by atoms with Crippen LogP contribution >= 0.6 is 0 Å². The lowest BCUT2D eigenvalue weighted by Crippen LogP contribution is -2.42. The molecule has 1 saturated carbocycles. The maximum Gasteiger partial charge on any atom is 0.307 e. The SMILES string of the molecule is COC(=O)CC1C2[C@H](CN1C(=O)CBOCN)C2(C)C. The highest BCUT2D eigenvalue weighted by atomic mass is 16.5. The molecule has 3 atom stereocenters. The van der Waals surface area contributed by atoms with Gasteiger partial charge in [0.05, 0.1) is 20.3 Å². The van der Waals surface area contributed by atoms with Crippen LogP contribution in [0.15, 0.2) is 0 Å². The van der Waals surface area contributed by atoms with E-state index >= 15 is 0 Å². The average Bonchev–Trinajstić information content (AvgIpc) is 2.76. The second kappa shape index (κ2) is 5.73. The minimum atomic E-state index is -0.255. The predicted molar refractivity (Wildman–Crippen MR) is 75.0 cm³/mol. The van der Waals surface area contributed by atoms with Crippen molar-refractivity contribution in [1.82, 2.24) is 4.90 Å². The number of hydrogen-bond donors (Lipinski definition) is 1. The van der Waals surface area contributed by atoms with Gasteiger partial charge in [-0.3, -0.25) is 9.59 Å². The van der Waals surface area contributed by atoms with Gasteiger partial charge in [0.2, 0.25) is 5.91 Å². The molecule has 20 heavy (non-hydrogen) atoms. The molecule has 0 aromatic heterocycles. The first-order valence-electron chi connectivity index (χ1n) is 7.07. The van der Waals surface area contributed by atoms with Crippen LogP contribution < -0.4 is 5.73 Å². The van der Waals surface area contributed by atoms with Gasteiger partial charge in [-0.05, 0) is 17.3 Å². The Morgan fingerprint density at radius 2 is 2.15 bits per heavy atom. The number of carbonyl (C=O) groups is 2. The second-order valence-corrected chi connectivity index (χ2v) is 6.17. The molecule has 2 N–H and O–H groups in total. The molecule has 112 valence electrons. The summed E-state index contributed by atoms with van der Waals surface area (Å²) < 4.78 is 9.77. The zero-order valence-electron chi connectivity index (χ0n) is 12.4. The molecule has 2 unspecified atom stereocenters. The fourth-order valence-electron chi connectivity index (χ4n) is 3.60. The van der Waals surface area contributed by atoms with Crippen molar-refractivity contribution in [2.75, 3.05) is 20.4 Å². The molecule has 2 fully saturated rings. The number of likely N-dealkylation sites (tertiary alicyclic amines) is 1. The average molecular weight is 282 g/mol. The highest BCUT2D eigenvalue weighted by Crippen LogP contribution is 2.65. The summed E-state index contributed by atoms with van der Waals surface area (Å²) >= 11 is 0. The first kappa shape index (κ1) is 15.3. The van der Waals surface area contributed by atoms with Crippen LogP contribution in [-0.4, -0.2) is 50.7 Å². The van der Waals surface area contributed by atoms with Crippen LogP contribution in [0.1, 0.15) is 20.3 Å². The summed E-state index contributed by atoms with van der Waals surface area (Å²) in [6.45, 7) is 5.26. The van der Waals surface area contributed by atoms with Crippen molar-refractivity contribution in [2.45, 2.75) is 32.6 Å². The van der Waals surface area contributed by atoms with E-state index in [9.17, 15) is 9.59 Å². The standard InChI is InChI=1S/C13H23BN2O4/c1-13(2)8-6-16(10(17)5-14-20-7-15)9(12(8)13)4-11(18)19-3/h8-9,12,14H,4-7,15H2,1-3H3/t8-,9?,12?/m0/s1. The maximum absolute atomic E-state index is 12.2. The smallest absolute Gasteiger partial charge is 0.307 e. The highest BCUT2D eigenvalue weighted by molar-refractivity contribution is 6.34. The summed E-state index contributed by atoms with van der Waals surface area (Å²) in [5.41, 5.74) is 5.46. The molecular weight excluding hydrogens is 259 g/mol. The summed E-state index contributed by atoms with van der Waals surface area (Å²) in [7, 11) is 1.71. The van der Waals surface area contributed by atoms with E-state index in [-0.39, 0.29) is 36.5 Å². The molecule has 1 heterocycles. The largest absolute Gasteiger partial charge is 0.469 e. The molecule has 2 rings (SSSR count). The zero-order valence-corrected chi connectivity index (χ0v) is 12.4. The molecule has 2 aliphatic rings. The Morgan fingerprint density at radius 1 is 1.45 bits per heavy atom. The number of ether oxygens (including phenoxy) is 1. The number of piperidine rings is 1. The third kappa shape index (κ3) is 2.69. The van der Waals surface area contributed by atoms with Gasteiger partial charge in [-0.1, -0.05) is 13.8 Å². The Labute approximate surface area is 120 Å². The van der Waals surface area contributed by atoms with Crippen LogP contribution in [0.25, 0.3) is 0 Å². The van der Waals surface area contributed by atoms with Gasteiger partial charge in [0.25, 0.3) is 7.48 Å². The van der Waals surface area contributed by atoms with E-state index in [1.165, 1.54) is 7.11 Å². The normalized spacial score (nSPS) is 29.8. The van der Waals surface area contributed by atoms with Crippen LogP contribution in [0.5, 0.6) is 0 Å². The van der Waals surface area contributed by atoms with Crippen LogP contribution in [0.3, 0.4) is 0 Å². The van der Waals surface area contributed by atoms with Gasteiger partial charge in [0.1, 0.15) is 0 Å². The number of hydrogen-bond acceptors (Lipinski definition) is 5. The minimum Gasteiger partial charge on any atom is -0.469 e. The van der Waals surface area contributed by atoms with Gasteiger partial charge in [-0.15, -0.1) is 0 Å². The Kier molecular flexibility index (Phi) is 4.39. The lowest BCUT2D eigenvalue weighted by atomic mass is 9.92. The van der Waals surface area contributed by atoms with Crippen LogP contribution in [0.4, 0.5) is 0 Å². The Bertz CT molecular complexity index is 402. The number of esters is 1. The van der Waals surface area contributed by atoms with Crippen LogP contribution in [0, 0.1) is 17.3 Å². The van der Waals surface area contributed by atoms with Gasteiger partial charge in [-0.2, -0.15) is 0 Å². The van der Waals surface area contributed by atoms with Gasteiger partial charge < -0.3 is 20.0 Å². The van der Waals surface area contributed by atoms with E-state index in [4.69, 9.17) is 15.1 Å². The Hall–Kier alpha value is -1.08. The van der Waals surface area contributed by atoms with Gasteiger partial charge in [-0.25, -0.2) is 0 Å². The molecule has 6 nitrogen and oxygen atoms in total. The lowest BCUT2D eigenvalue weighted by Gasteiger charge is -2.30. The first-order valence-corrected chi connectivity index (χ1v) is 7.07. The maximum atomic E-state index is 12.2. The van der Waals surface area contributed by atoms with Crippen LogP contribution in [0.2, 0.25) is 6.32 Å². The molecule has 0 bridgehead atoms. The van der Waals surface area contributed by atoms with E-state index in [2.05, 4.69) is 13.8 Å². The lowest BCUT2D eigenvalue weighted by molar-refractivity contribution is -0.143. The van der Waals surface area contributed by atoms with E-state index in [0.717, 1.165) is 6.54 Å². The molecule has 1 saturated heterocycles. The monoisotopic (exact) mass is 282 g/mol. The number of nitrogens with two attached hydrogens (primary N) is 1. The summed E-state index contributed by atoms with van der Waals surface area (Å²) in [4.78, 5) is 25.6. The second-order valence-electron chi connectivity index (χ2n) is 6.17. The molecule has 0 aromatic carbocycles. The van der Waals surface area contributed by atoms with Crippen molar-refractivity contribution in [2.24, 2.45) is 23.0 Å². The summed E-state index contributed by atoms with van der Waals surface area (Å²) in [5.74, 6) is 0.683. The fraction of sp³-hybridized carbons (Fsp3) is 0.846. The summed E-state index contributed by atoms with van der Waals surface area (Å²) in [5, 5.41) is 0. The Morgan fingerprint density at radius 3 is 2.75 bits per heavy atom. The van der Waals surface area contributed by atoms with Gasteiger partial charge >= 0.3 is 5.97 Å². The topological polar surface area (TPSA) is 81.9 Å². The van der Waals surface area contributed by atoms with Gasteiger partial charge in [0, 0.05) is 18.9 Å².